The highest BCUT2D eigenvalue weighted by Crippen LogP contribution is 2.40. The van der Waals surface area contributed by atoms with E-state index in [0.29, 0.717) is 6.07 Å². The van der Waals surface area contributed by atoms with Crippen molar-refractivity contribution in [1.29, 1.82) is 0 Å². The Balaban J connectivity index is 1.91. The summed E-state index contributed by atoms with van der Waals surface area (Å²) in [6, 6.07) is 7.40. The van der Waals surface area contributed by atoms with Gasteiger partial charge in [0, 0.05) is 18.7 Å². The normalized spacial score (nSPS) is 18.5. The Bertz CT molecular complexity index is 1140. The molecule has 0 spiro atoms. The highest BCUT2D eigenvalue weighted by atomic mass is 32.2. The number of anilines is 1. The van der Waals surface area contributed by atoms with Crippen LogP contribution >= 0.6 is 0 Å². The first kappa shape index (κ1) is 25.1. The van der Waals surface area contributed by atoms with Crippen molar-refractivity contribution < 1.29 is 39.6 Å². The van der Waals surface area contributed by atoms with Gasteiger partial charge in [-0.15, -0.1) is 0 Å². The van der Waals surface area contributed by atoms with Gasteiger partial charge < -0.3 is 4.90 Å². The van der Waals surface area contributed by atoms with Crippen LogP contribution in [-0.4, -0.2) is 25.6 Å². The summed E-state index contributed by atoms with van der Waals surface area (Å²) in [5.41, 5.74) is -1.80. The van der Waals surface area contributed by atoms with Crippen molar-refractivity contribution in [1.82, 2.24) is 0 Å². The van der Waals surface area contributed by atoms with E-state index < -0.39 is 48.9 Å². The highest BCUT2D eigenvalue weighted by Gasteiger charge is 2.46. The van der Waals surface area contributed by atoms with E-state index in [1.807, 2.05) is 0 Å². The van der Waals surface area contributed by atoms with Crippen molar-refractivity contribution in [3.05, 3.63) is 59.7 Å². The molecule has 3 rings (SSSR count). The molecule has 0 radical (unpaired) electrons. The molecular formula is C22H21F6NO3S. The average Bonchev–Trinajstić information content (AvgIpc) is 2.73. The third-order valence-electron chi connectivity index (χ3n) is 6.06. The first-order valence-electron chi connectivity index (χ1n) is 9.94. The Morgan fingerprint density at radius 1 is 0.879 bits per heavy atom. The van der Waals surface area contributed by atoms with E-state index in [1.54, 1.807) is 0 Å². The minimum atomic E-state index is -4.72. The van der Waals surface area contributed by atoms with Crippen LogP contribution in [0.15, 0.2) is 53.4 Å². The standard InChI is InChI=1S/C22H21F6NO3S/c1-20(2,33(31,32)18-5-3-4-15(12-18)22(26,27)28)16-8-11-19(30)29(13-16)17-9-6-14(7-10-17)21(23,24)25/h3-7,9-10,12,16H,8,11,13H2,1-2H3. The molecule has 1 atom stereocenters. The number of sulfone groups is 1. The monoisotopic (exact) mass is 493 g/mol. The van der Waals surface area contributed by atoms with E-state index in [0.717, 1.165) is 42.5 Å². The Morgan fingerprint density at radius 3 is 2.00 bits per heavy atom. The molecule has 1 heterocycles. The maximum absolute atomic E-state index is 13.3. The Morgan fingerprint density at radius 2 is 1.45 bits per heavy atom. The number of halogens is 6. The summed E-state index contributed by atoms with van der Waals surface area (Å²) in [5, 5.41) is 0. The van der Waals surface area contributed by atoms with E-state index in [9.17, 15) is 39.6 Å². The molecule has 2 aromatic rings. The predicted octanol–water partition coefficient (Wildman–Crippen LogP) is 5.72. The van der Waals surface area contributed by atoms with Crippen molar-refractivity contribution in [2.24, 2.45) is 5.92 Å². The first-order valence-corrected chi connectivity index (χ1v) is 11.4. The second-order valence-corrected chi connectivity index (χ2v) is 10.9. The minimum Gasteiger partial charge on any atom is -0.312 e. The van der Waals surface area contributed by atoms with Gasteiger partial charge in [-0.1, -0.05) is 6.07 Å². The summed E-state index contributed by atoms with van der Waals surface area (Å²) < 4.78 is 103. The maximum atomic E-state index is 13.3. The van der Waals surface area contributed by atoms with Gasteiger partial charge in [0.1, 0.15) is 0 Å². The fourth-order valence-corrected chi connectivity index (χ4v) is 5.63. The summed E-state index contributed by atoms with van der Waals surface area (Å²) in [6.45, 7) is 2.66. The third kappa shape index (κ3) is 4.87. The SMILES string of the molecule is CC(C)(C1CCC(=O)N(c2ccc(C(F)(F)F)cc2)C1)S(=O)(=O)c1cccc(C(F)(F)F)c1. The van der Waals surface area contributed by atoms with Gasteiger partial charge in [-0.25, -0.2) is 8.42 Å². The summed E-state index contributed by atoms with van der Waals surface area (Å²) >= 11 is 0. The molecule has 1 aliphatic rings. The summed E-state index contributed by atoms with van der Waals surface area (Å²) in [6.07, 6.45) is -9.14. The maximum Gasteiger partial charge on any atom is 0.416 e. The number of hydrogen-bond acceptors (Lipinski definition) is 3. The molecule has 2 aromatic carbocycles. The number of carbonyl (C=O) groups excluding carboxylic acids is 1. The summed E-state index contributed by atoms with van der Waals surface area (Å²) in [7, 11) is -4.26. The van der Waals surface area contributed by atoms with E-state index in [4.69, 9.17) is 0 Å². The smallest absolute Gasteiger partial charge is 0.312 e. The fourth-order valence-electron chi connectivity index (χ4n) is 3.86. The Hall–Kier alpha value is -2.56. The molecule has 0 bridgehead atoms. The van der Waals surface area contributed by atoms with Gasteiger partial charge in [0.15, 0.2) is 9.84 Å². The van der Waals surface area contributed by atoms with Gasteiger partial charge in [0.2, 0.25) is 5.91 Å². The van der Waals surface area contributed by atoms with Crippen LogP contribution in [0.4, 0.5) is 32.0 Å². The minimum absolute atomic E-state index is 0.0484. The van der Waals surface area contributed by atoms with Crippen LogP contribution in [0.1, 0.15) is 37.8 Å². The molecule has 180 valence electrons. The third-order valence-corrected chi connectivity index (χ3v) is 8.66. The van der Waals surface area contributed by atoms with Gasteiger partial charge in [-0.2, -0.15) is 26.3 Å². The number of carbonyl (C=O) groups is 1. The van der Waals surface area contributed by atoms with Crippen LogP contribution in [0.3, 0.4) is 0 Å². The molecule has 0 N–H and O–H groups in total. The summed E-state index contributed by atoms with van der Waals surface area (Å²) in [5.74, 6) is -1.05. The van der Waals surface area contributed by atoms with Gasteiger partial charge in [-0.05, 0) is 68.7 Å². The van der Waals surface area contributed by atoms with Gasteiger partial charge in [0.05, 0.1) is 20.8 Å². The molecule has 1 unspecified atom stereocenters. The second-order valence-electron chi connectivity index (χ2n) is 8.42. The van der Waals surface area contributed by atoms with E-state index in [-0.39, 0.29) is 31.0 Å². The number of rotatable bonds is 4. The zero-order valence-corrected chi connectivity index (χ0v) is 18.5. The molecular weight excluding hydrogens is 472 g/mol. The molecule has 0 saturated carbocycles. The van der Waals surface area contributed by atoms with Gasteiger partial charge >= 0.3 is 12.4 Å². The quantitative estimate of drug-likeness (QED) is 0.512. The van der Waals surface area contributed by atoms with Crippen molar-refractivity contribution in [3.8, 4) is 0 Å². The lowest BCUT2D eigenvalue weighted by Crippen LogP contribution is -2.50. The lowest BCUT2D eigenvalue weighted by molar-refractivity contribution is -0.138. The molecule has 33 heavy (non-hydrogen) atoms. The van der Waals surface area contributed by atoms with Crippen LogP contribution in [0.25, 0.3) is 0 Å². The van der Waals surface area contributed by atoms with E-state index in [2.05, 4.69) is 0 Å². The lowest BCUT2D eigenvalue weighted by Gasteiger charge is -2.41. The van der Waals surface area contributed by atoms with Gasteiger partial charge in [0.25, 0.3) is 0 Å². The number of alkyl halides is 6. The zero-order chi connectivity index (χ0) is 24.8. The Labute approximate surface area is 187 Å². The van der Waals surface area contributed by atoms with Crippen molar-refractivity contribution in [2.45, 2.75) is 48.7 Å². The van der Waals surface area contributed by atoms with Gasteiger partial charge in [-0.3, -0.25) is 4.79 Å². The molecule has 4 nitrogen and oxygen atoms in total. The molecule has 1 saturated heterocycles. The second kappa shape index (κ2) is 8.34. The number of hydrogen-bond donors (Lipinski definition) is 0. The zero-order valence-electron chi connectivity index (χ0n) is 17.7. The fraction of sp³-hybridized carbons (Fsp3) is 0.409. The van der Waals surface area contributed by atoms with Crippen LogP contribution < -0.4 is 4.90 Å². The van der Waals surface area contributed by atoms with Crippen LogP contribution in [0, 0.1) is 5.92 Å². The van der Waals surface area contributed by atoms with Crippen molar-refractivity contribution >= 4 is 21.4 Å². The largest absolute Gasteiger partial charge is 0.416 e. The molecule has 11 heteroatoms. The number of amides is 1. The van der Waals surface area contributed by atoms with E-state index >= 15 is 0 Å². The molecule has 1 fully saturated rings. The topological polar surface area (TPSA) is 54.5 Å². The van der Waals surface area contributed by atoms with Crippen LogP contribution in [0.5, 0.6) is 0 Å². The molecule has 0 aliphatic carbocycles. The van der Waals surface area contributed by atoms with Crippen LogP contribution in [-0.2, 0) is 27.0 Å². The predicted molar refractivity (Wildman–Crippen MR) is 109 cm³/mol. The van der Waals surface area contributed by atoms with Crippen LogP contribution in [0.2, 0.25) is 0 Å². The Kier molecular flexibility index (Phi) is 6.33. The van der Waals surface area contributed by atoms with Crippen molar-refractivity contribution in [3.63, 3.8) is 0 Å². The lowest BCUT2D eigenvalue weighted by atomic mass is 9.86. The molecule has 1 amide bonds. The summed E-state index contributed by atoms with van der Waals surface area (Å²) in [4.78, 5) is 13.2. The van der Waals surface area contributed by atoms with E-state index in [1.165, 1.54) is 18.7 Å². The van der Waals surface area contributed by atoms with Crippen molar-refractivity contribution in [2.75, 3.05) is 11.4 Å². The highest BCUT2D eigenvalue weighted by molar-refractivity contribution is 7.92. The number of nitrogens with zero attached hydrogens (tertiary/aromatic N) is 1. The number of benzene rings is 2. The molecule has 1 aliphatic heterocycles. The number of piperidine rings is 1. The first-order chi connectivity index (χ1) is 15.0. The molecule has 0 aromatic heterocycles. The average molecular weight is 493 g/mol.